The van der Waals surface area contributed by atoms with E-state index in [0.717, 1.165) is 0 Å². The zero-order valence-corrected chi connectivity index (χ0v) is 14.5. The van der Waals surface area contributed by atoms with Crippen LogP contribution in [0.3, 0.4) is 0 Å². The molecule has 0 fully saturated rings. The van der Waals surface area contributed by atoms with Gasteiger partial charge in [0.25, 0.3) is 11.6 Å². The van der Waals surface area contributed by atoms with E-state index in [2.05, 4.69) is 5.10 Å². The Balaban J connectivity index is 1.99. The molecule has 1 aliphatic rings. The lowest BCUT2D eigenvalue weighted by Crippen LogP contribution is -2.21. The van der Waals surface area contributed by atoms with Crippen LogP contribution in [0.1, 0.15) is 12.5 Å². The van der Waals surface area contributed by atoms with Gasteiger partial charge in [-0.3, -0.25) is 14.9 Å². The number of benzene rings is 2. The van der Waals surface area contributed by atoms with Crippen LogP contribution in [0.4, 0.5) is 11.4 Å². The molecule has 6 nitrogen and oxygen atoms in total. The van der Waals surface area contributed by atoms with Gasteiger partial charge in [0.2, 0.25) is 0 Å². The first-order chi connectivity index (χ1) is 11.9. The molecule has 0 aromatic heterocycles. The third kappa shape index (κ3) is 3.40. The van der Waals surface area contributed by atoms with E-state index in [1.165, 1.54) is 17.1 Å². The number of nitro groups is 1. The number of non-ortho nitro benzene ring substituents is 1. The van der Waals surface area contributed by atoms with Gasteiger partial charge in [-0.2, -0.15) is 10.1 Å². The monoisotopic (exact) mass is 375 g/mol. The zero-order valence-electron chi connectivity index (χ0n) is 12.9. The van der Waals surface area contributed by atoms with Gasteiger partial charge >= 0.3 is 0 Å². The van der Waals surface area contributed by atoms with Gasteiger partial charge in [-0.15, -0.1) is 0 Å². The molecule has 126 valence electrons. The third-order valence-corrected chi connectivity index (χ3v) is 4.15. The summed E-state index contributed by atoms with van der Waals surface area (Å²) in [7, 11) is 0. The molecule has 0 aliphatic carbocycles. The molecule has 0 spiro atoms. The quantitative estimate of drug-likeness (QED) is 0.442. The van der Waals surface area contributed by atoms with Crippen LogP contribution in [0.25, 0.3) is 6.08 Å². The van der Waals surface area contributed by atoms with E-state index < -0.39 is 4.92 Å². The van der Waals surface area contributed by atoms with Crippen LogP contribution in [0.15, 0.2) is 53.1 Å². The van der Waals surface area contributed by atoms with E-state index in [1.807, 2.05) is 0 Å². The van der Waals surface area contributed by atoms with Crippen LogP contribution < -0.4 is 5.01 Å². The average Bonchev–Trinajstić information content (AvgIpc) is 2.85. The molecule has 3 rings (SSSR count). The molecule has 0 saturated carbocycles. The van der Waals surface area contributed by atoms with Crippen LogP contribution in [0, 0.1) is 10.1 Å². The molecule has 0 atom stereocenters. The third-order valence-electron chi connectivity index (χ3n) is 3.59. The molecule has 0 radical (unpaired) electrons. The van der Waals surface area contributed by atoms with Crippen LogP contribution >= 0.6 is 23.2 Å². The minimum Gasteiger partial charge on any atom is -0.267 e. The molecule has 2 aromatic carbocycles. The number of anilines is 1. The summed E-state index contributed by atoms with van der Waals surface area (Å²) in [6, 6.07) is 10.8. The molecule has 0 N–H and O–H groups in total. The number of nitrogens with zero attached hydrogens (tertiary/aromatic N) is 3. The highest BCUT2D eigenvalue weighted by atomic mass is 35.5. The first-order valence-corrected chi connectivity index (χ1v) is 7.93. The van der Waals surface area contributed by atoms with Gasteiger partial charge in [0.05, 0.1) is 26.9 Å². The van der Waals surface area contributed by atoms with Gasteiger partial charge < -0.3 is 0 Å². The van der Waals surface area contributed by atoms with E-state index in [1.54, 1.807) is 43.3 Å². The molecule has 2 aromatic rings. The summed E-state index contributed by atoms with van der Waals surface area (Å²) in [5.41, 5.74) is 1.67. The molecular weight excluding hydrogens is 365 g/mol. The highest BCUT2D eigenvalue weighted by Gasteiger charge is 2.30. The lowest BCUT2D eigenvalue weighted by atomic mass is 10.1. The molecule has 1 aliphatic heterocycles. The number of carbonyl (C=O) groups excluding carboxylic acids is 1. The standard InChI is InChI=1S/C17H11Cl2N3O3/c1-10-14(8-11-3-2-4-13(7-11)22(24)25)17(23)21(20-10)16-9-12(18)5-6-15(16)19/h2-9H,1H3/b14-8-. The number of carbonyl (C=O) groups is 1. The Morgan fingerprint density at radius 3 is 2.68 bits per heavy atom. The van der Waals surface area contributed by atoms with Crippen molar-refractivity contribution in [3.05, 3.63) is 73.8 Å². The summed E-state index contributed by atoms with van der Waals surface area (Å²) in [4.78, 5) is 23.1. The zero-order chi connectivity index (χ0) is 18.1. The van der Waals surface area contributed by atoms with Crippen molar-refractivity contribution in [3.63, 3.8) is 0 Å². The molecule has 0 saturated heterocycles. The normalized spacial score (nSPS) is 15.6. The topological polar surface area (TPSA) is 75.8 Å². The number of amides is 1. The molecule has 25 heavy (non-hydrogen) atoms. The molecule has 8 heteroatoms. The Morgan fingerprint density at radius 1 is 1.20 bits per heavy atom. The fraction of sp³-hybridized carbons (Fsp3) is 0.0588. The number of halogens is 2. The molecule has 1 amide bonds. The highest BCUT2D eigenvalue weighted by Crippen LogP contribution is 2.33. The van der Waals surface area contributed by atoms with Crippen molar-refractivity contribution in [1.29, 1.82) is 0 Å². The van der Waals surface area contributed by atoms with Gasteiger partial charge in [-0.05, 0) is 36.8 Å². The lowest BCUT2D eigenvalue weighted by Gasteiger charge is -2.13. The second kappa shape index (κ2) is 6.66. The summed E-state index contributed by atoms with van der Waals surface area (Å²) >= 11 is 12.1. The maximum atomic E-state index is 12.7. The van der Waals surface area contributed by atoms with Crippen molar-refractivity contribution < 1.29 is 9.72 Å². The van der Waals surface area contributed by atoms with E-state index in [4.69, 9.17) is 23.2 Å². The van der Waals surface area contributed by atoms with Crippen LogP contribution in [-0.2, 0) is 4.79 Å². The molecule has 1 heterocycles. The number of hydrazone groups is 1. The highest BCUT2D eigenvalue weighted by molar-refractivity contribution is 6.38. The van der Waals surface area contributed by atoms with Gasteiger partial charge in [0.15, 0.2) is 0 Å². The Morgan fingerprint density at radius 2 is 1.96 bits per heavy atom. The predicted octanol–water partition coefficient (Wildman–Crippen LogP) is 4.71. The summed E-state index contributed by atoms with van der Waals surface area (Å²) in [5.74, 6) is -0.381. The molecule has 0 bridgehead atoms. The Labute approximate surface area is 153 Å². The Kier molecular flexibility index (Phi) is 4.57. The fourth-order valence-electron chi connectivity index (χ4n) is 2.39. The maximum Gasteiger partial charge on any atom is 0.280 e. The number of rotatable bonds is 3. The number of nitro benzene ring substituents is 1. The molecular formula is C17H11Cl2N3O3. The first-order valence-electron chi connectivity index (χ1n) is 7.18. The van der Waals surface area contributed by atoms with E-state index in [0.29, 0.717) is 32.6 Å². The van der Waals surface area contributed by atoms with E-state index in [9.17, 15) is 14.9 Å². The number of hydrogen-bond donors (Lipinski definition) is 0. The summed E-state index contributed by atoms with van der Waals surface area (Å²) < 4.78 is 0. The van der Waals surface area contributed by atoms with Crippen LogP contribution in [0.5, 0.6) is 0 Å². The van der Waals surface area contributed by atoms with Gasteiger partial charge in [0.1, 0.15) is 0 Å². The van der Waals surface area contributed by atoms with Crippen molar-refractivity contribution in [2.45, 2.75) is 6.92 Å². The number of hydrogen-bond acceptors (Lipinski definition) is 4. The van der Waals surface area contributed by atoms with Crippen molar-refractivity contribution in [3.8, 4) is 0 Å². The van der Waals surface area contributed by atoms with Crippen molar-refractivity contribution >= 4 is 52.3 Å². The minimum atomic E-state index is -0.489. The van der Waals surface area contributed by atoms with E-state index >= 15 is 0 Å². The van der Waals surface area contributed by atoms with Crippen LogP contribution in [0.2, 0.25) is 10.0 Å². The summed E-state index contributed by atoms with van der Waals surface area (Å²) in [6.45, 7) is 1.68. The second-order valence-electron chi connectivity index (χ2n) is 5.31. The average molecular weight is 376 g/mol. The summed E-state index contributed by atoms with van der Waals surface area (Å²) in [6.07, 6.45) is 1.56. The SMILES string of the molecule is CC1=NN(c2cc(Cl)ccc2Cl)C(=O)/C1=C\c1cccc([N+](=O)[O-])c1. The smallest absolute Gasteiger partial charge is 0.267 e. The Bertz CT molecular complexity index is 954. The van der Waals surface area contributed by atoms with Crippen molar-refractivity contribution in [1.82, 2.24) is 0 Å². The predicted molar refractivity (Wildman–Crippen MR) is 98.1 cm³/mol. The second-order valence-corrected chi connectivity index (χ2v) is 6.15. The van der Waals surface area contributed by atoms with E-state index in [-0.39, 0.29) is 11.6 Å². The van der Waals surface area contributed by atoms with Gasteiger partial charge in [-0.25, -0.2) is 0 Å². The van der Waals surface area contributed by atoms with Gasteiger partial charge in [0, 0.05) is 17.2 Å². The van der Waals surface area contributed by atoms with Crippen LogP contribution in [-0.4, -0.2) is 16.5 Å². The van der Waals surface area contributed by atoms with Crippen molar-refractivity contribution in [2.24, 2.45) is 5.10 Å². The van der Waals surface area contributed by atoms with Gasteiger partial charge in [-0.1, -0.05) is 35.3 Å². The van der Waals surface area contributed by atoms with Crippen molar-refractivity contribution in [2.75, 3.05) is 5.01 Å². The Hall–Kier alpha value is -2.70. The minimum absolute atomic E-state index is 0.0517. The lowest BCUT2D eigenvalue weighted by molar-refractivity contribution is -0.384. The first kappa shape index (κ1) is 17.1. The summed E-state index contributed by atoms with van der Waals surface area (Å²) in [5, 5.41) is 17.1. The largest absolute Gasteiger partial charge is 0.280 e. The molecule has 0 unspecified atom stereocenters. The maximum absolute atomic E-state index is 12.7. The fourth-order valence-corrected chi connectivity index (χ4v) is 2.75.